The van der Waals surface area contributed by atoms with Crippen LogP contribution in [0.1, 0.15) is 13.3 Å². The smallest absolute Gasteiger partial charge is 0.230 e. The maximum atomic E-state index is 14.0. The normalized spacial score (nSPS) is 14.2. The average Bonchev–Trinajstić information content (AvgIpc) is 2.71. The number of rotatable bonds is 7. The van der Waals surface area contributed by atoms with Crippen LogP contribution in [-0.2, 0) is 4.79 Å². The molecular formula is C19H23ClFN5OS. The molecule has 6 nitrogen and oxygen atoms in total. The fourth-order valence-corrected chi connectivity index (χ4v) is 3.85. The van der Waals surface area contributed by atoms with Gasteiger partial charge in [-0.05, 0) is 18.6 Å². The van der Waals surface area contributed by atoms with Crippen molar-refractivity contribution in [1.29, 1.82) is 0 Å². The molecule has 1 aromatic carbocycles. The van der Waals surface area contributed by atoms with Crippen molar-refractivity contribution in [3.05, 3.63) is 41.3 Å². The summed E-state index contributed by atoms with van der Waals surface area (Å²) in [7, 11) is 0. The summed E-state index contributed by atoms with van der Waals surface area (Å²) >= 11 is 7.43. The van der Waals surface area contributed by atoms with Crippen molar-refractivity contribution in [2.24, 2.45) is 0 Å². The standard InChI is InChI=1S/C19H23ClFN5OS/c1-2-7-22-18(27)13-28-19-23-16(20)12-17(24-19)26-10-8-25(9-11-26)15-6-4-3-5-14(15)21/h3-6,12H,2,7-11,13H2,1H3,(H,22,27). The monoisotopic (exact) mass is 423 g/mol. The molecule has 1 saturated heterocycles. The molecular weight excluding hydrogens is 401 g/mol. The highest BCUT2D eigenvalue weighted by molar-refractivity contribution is 7.99. The van der Waals surface area contributed by atoms with Crippen LogP contribution in [-0.4, -0.2) is 54.4 Å². The summed E-state index contributed by atoms with van der Waals surface area (Å²) in [5.74, 6) is 0.724. The van der Waals surface area contributed by atoms with Crippen molar-refractivity contribution in [2.45, 2.75) is 18.5 Å². The fraction of sp³-hybridized carbons (Fsp3) is 0.421. The molecule has 9 heteroatoms. The van der Waals surface area contributed by atoms with Gasteiger partial charge in [-0.25, -0.2) is 14.4 Å². The van der Waals surface area contributed by atoms with Crippen molar-refractivity contribution < 1.29 is 9.18 Å². The largest absolute Gasteiger partial charge is 0.366 e. The lowest BCUT2D eigenvalue weighted by molar-refractivity contribution is -0.118. The van der Waals surface area contributed by atoms with Crippen molar-refractivity contribution in [2.75, 3.05) is 48.3 Å². The van der Waals surface area contributed by atoms with Crippen LogP contribution in [0.4, 0.5) is 15.9 Å². The predicted molar refractivity (Wildman–Crippen MR) is 112 cm³/mol. The fourth-order valence-electron chi connectivity index (χ4n) is 2.94. The van der Waals surface area contributed by atoms with Gasteiger partial charge >= 0.3 is 0 Å². The molecule has 2 aromatic rings. The number of thioether (sulfide) groups is 1. The SMILES string of the molecule is CCCNC(=O)CSc1nc(Cl)cc(N2CCN(c3ccccc3F)CC2)n1. The van der Waals surface area contributed by atoms with Crippen molar-refractivity contribution in [3.8, 4) is 0 Å². The molecule has 0 unspecified atom stereocenters. The zero-order valence-corrected chi connectivity index (χ0v) is 17.3. The van der Waals surface area contributed by atoms with Gasteiger partial charge in [0.2, 0.25) is 5.91 Å². The average molecular weight is 424 g/mol. The Labute approximate surface area is 173 Å². The Hall–Kier alpha value is -2.06. The molecule has 1 amide bonds. The number of nitrogens with zero attached hydrogens (tertiary/aromatic N) is 4. The number of carbonyl (C=O) groups excluding carboxylic acids is 1. The number of hydrogen-bond acceptors (Lipinski definition) is 6. The Kier molecular flexibility index (Phi) is 7.33. The van der Waals surface area contributed by atoms with Gasteiger partial charge in [-0.15, -0.1) is 0 Å². The lowest BCUT2D eigenvalue weighted by Gasteiger charge is -2.36. The van der Waals surface area contributed by atoms with Gasteiger partial charge in [-0.2, -0.15) is 0 Å². The van der Waals surface area contributed by atoms with E-state index in [1.54, 1.807) is 18.2 Å². The maximum Gasteiger partial charge on any atom is 0.230 e. The highest BCUT2D eigenvalue weighted by Gasteiger charge is 2.21. The van der Waals surface area contributed by atoms with Crippen LogP contribution in [0.2, 0.25) is 5.15 Å². The lowest BCUT2D eigenvalue weighted by atomic mass is 10.2. The molecule has 150 valence electrons. The molecule has 1 aliphatic rings. The number of benzene rings is 1. The van der Waals surface area contributed by atoms with E-state index in [0.29, 0.717) is 48.7 Å². The third-order valence-corrected chi connectivity index (χ3v) is 5.40. The van der Waals surface area contributed by atoms with E-state index in [9.17, 15) is 9.18 Å². The molecule has 0 radical (unpaired) electrons. The zero-order valence-electron chi connectivity index (χ0n) is 15.7. The minimum Gasteiger partial charge on any atom is -0.366 e. The number of amides is 1. The Morgan fingerprint density at radius 2 is 1.93 bits per heavy atom. The van der Waals surface area contributed by atoms with Crippen molar-refractivity contribution in [3.63, 3.8) is 0 Å². The molecule has 2 heterocycles. The van der Waals surface area contributed by atoms with Crippen LogP contribution in [0.25, 0.3) is 0 Å². The van der Waals surface area contributed by atoms with Crippen LogP contribution >= 0.6 is 23.4 Å². The first-order valence-electron chi connectivity index (χ1n) is 9.25. The van der Waals surface area contributed by atoms with E-state index in [1.165, 1.54) is 17.8 Å². The number of anilines is 2. The number of nitrogens with one attached hydrogen (secondary N) is 1. The van der Waals surface area contributed by atoms with Crippen LogP contribution in [0.5, 0.6) is 0 Å². The van der Waals surface area contributed by atoms with E-state index in [2.05, 4.69) is 20.2 Å². The van der Waals surface area contributed by atoms with E-state index in [-0.39, 0.29) is 17.5 Å². The molecule has 1 aromatic heterocycles. The molecule has 1 aliphatic heterocycles. The molecule has 1 N–H and O–H groups in total. The van der Waals surface area contributed by atoms with E-state index >= 15 is 0 Å². The minimum atomic E-state index is -0.207. The van der Waals surface area contributed by atoms with E-state index in [4.69, 9.17) is 11.6 Å². The summed E-state index contributed by atoms with van der Waals surface area (Å²) in [6.45, 7) is 5.43. The van der Waals surface area contributed by atoms with Gasteiger partial charge in [0, 0.05) is 38.8 Å². The number of aromatic nitrogens is 2. The quantitative estimate of drug-likeness (QED) is 0.419. The molecule has 0 spiro atoms. The lowest BCUT2D eigenvalue weighted by Crippen LogP contribution is -2.47. The molecule has 1 fully saturated rings. The molecule has 0 aliphatic carbocycles. The first kappa shape index (κ1) is 20.7. The van der Waals surface area contributed by atoms with Crippen LogP contribution in [0.15, 0.2) is 35.5 Å². The zero-order chi connectivity index (χ0) is 19.9. The summed E-state index contributed by atoms with van der Waals surface area (Å²) in [6.07, 6.45) is 0.896. The summed E-state index contributed by atoms with van der Waals surface area (Å²) < 4.78 is 14.0. The molecule has 3 rings (SSSR count). The van der Waals surface area contributed by atoms with Gasteiger partial charge in [-0.3, -0.25) is 4.79 Å². The minimum absolute atomic E-state index is 0.0459. The van der Waals surface area contributed by atoms with E-state index < -0.39 is 0 Å². The Bertz CT molecular complexity index is 817. The maximum absolute atomic E-state index is 14.0. The number of piperazine rings is 1. The highest BCUT2D eigenvalue weighted by atomic mass is 35.5. The third kappa shape index (κ3) is 5.48. The third-order valence-electron chi connectivity index (χ3n) is 4.36. The molecule has 0 saturated carbocycles. The summed E-state index contributed by atoms with van der Waals surface area (Å²) in [5, 5.41) is 3.65. The number of halogens is 2. The second kappa shape index (κ2) is 9.93. The molecule has 0 bridgehead atoms. The van der Waals surface area contributed by atoms with Gasteiger partial charge in [0.1, 0.15) is 16.8 Å². The first-order valence-corrected chi connectivity index (χ1v) is 10.6. The predicted octanol–water partition coefficient (Wildman–Crippen LogP) is 3.21. The van der Waals surface area contributed by atoms with Gasteiger partial charge in [0.05, 0.1) is 11.4 Å². The van der Waals surface area contributed by atoms with E-state index in [0.717, 1.165) is 12.2 Å². The van der Waals surface area contributed by atoms with Crippen LogP contribution in [0.3, 0.4) is 0 Å². The van der Waals surface area contributed by atoms with E-state index in [1.807, 2.05) is 17.9 Å². The first-order chi connectivity index (χ1) is 13.6. The number of para-hydroxylation sites is 1. The summed E-state index contributed by atoms with van der Waals surface area (Å²) in [4.78, 5) is 24.7. The van der Waals surface area contributed by atoms with Crippen molar-refractivity contribution in [1.82, 2.24) is 15.3 Å². The second-order valence-electron chi connectivity index (χ2n) is 6.40. The van der Waals surface area contributed by atoms with Gasteiger partial charge < -0.3 is 15.1 Å². The van der Waals surface area contributed by atoms with Gasteiger partial charge in [0.25, 0.3) is 0 Å². The summed E-state index contributed by atoms with van der Waals surface area (Å²) in [6, 6.07) is 8.54. The van der Waals surface area contributed by atoms with Gasteiger partial charge in [0.15, 0.2) is 5.16 Å². The van der Waals surface area contributed by atoms with Gasteiger partial charge in [-0.1, -0.05) is 42.4 Å². The summed E-state index contributed by atoms with van der Waals surface area (Å²) in [5.41, 5.74) is 0.622. The Balaban J connectivity index is 1.61. The Morgan fingerprint density at radius 1 is 1.21 bits per heavy atom. The topological polar surface area (TPSA) is 61.4 Å². The van der Waals surface area contributed by atoms with Crippen LogP contribution < -0.4 is 15.1 Å². The van der Waals surface area contributed by atoms with Crippen molar-refractivity contribution >= 4 is 40.8 Å². The second-order valence-corrected chi connectivity index (χ2v) is 7.73. The molecule has 28 heavy (non-hydrogen) atoms. The number of carbonyl (C=O) groups is 1. The molecule has 0 atom stereocenters. The highest BCUT2D eigenvalue weighted by Crippen LogP contribution is 2.25. The number of hydrogen-bond donors (Lipinski definition) is 1. The Morgan fingerprint density at radius 3 is 2.64 bits per heavy atom. The van der Waals surface area contributed by atoms with Crippen LogP contribution in [0, 0.1) is 5.82 Å².